The number of benzene rings is 5. The van der Waals surface area contributed by atoms with Crippen molar-refractivity contribution in [2.75, 3.05) is 0 Å². The van der Waals surface area contributed by atoms with Crippen LogP contribution in [-0.2, 0) is 0 Å². The molecule has 0 unspecified atom stereocenters. The van der Waals surface area contributed by atoms with Crippen molar-refractivity contribution in [3.8, 4) is 11.4 Å². The van der Waals surface area contributed by atoms with Gasteiger partial charge in [0.15, 0.2) is 0 Å². The number of hydrogen-bond acceptors (Lipinski definition) is 1. The van der Waals surface area contributed by atoms with Gasteiger partial charge in [-0.1, -0.05) is 78.9 Å². The molecule has 5 aromatic carbocycles. The molecule has 0 saturated heterocycles. The highest BCUT2D eigenvalue weighted by atomic mass is 15.0. The third-order valence-electron chi connectivity index (χ3n) is 7.32. The Hall–Kier alpha value is -4.89. The average molecular weight is 460 g/mol. The number of para-hydroxylation sites is 4. The average Bonchev–Trinajstić information content (AvgIpc) is 3.48. The van der Waals surface area contributed by atoms with E-state index in [4.69, 9.17) is 4.98 Å². The van der Waals surface area contributed by atoms with Gasteiger partial charge in [-0.05, 0) is 42.5 Å². The second-order valence-electron chi connectivity index (χ2n) is 9.22. The summed E-state index contributed by atoms with van der Waals surface area (Å²) in [6.07, 6.45) is 1.92. The van der Waals surface area contributed by atoms with Crippen LogP contribution in [0.15, 0.2) is 128 Å². The molecule has 0 amide bonds. The molecule has 0 aliphatic heterocycles. The Labute approximate surface area is 207 Å². The maximum atomic E-state index is 4.98. The molecule has 3 nitrogen and oxygen atoms in total. The lowest BCUT2D eigenvalue weighted by atomic mass is 10.0. The van der Waals surface area contributed by atoms with Gasteiger partial charge in [0.1, 0.15) is 0 Å². The third kappa shape index (κ3) is 2.49. The molecule has 0 radical (unpaired) electrons. The highest BCUT2D eigenvalue weighted by Crippen LogP contribution is 2.45. The second-order valence-corrected chi connectivity index (χ2v) is 9.22. The van der Waals surface area contributed by atoms with Gasteiger partial charge in [0.05, 0.1) is 27.6 Å². The van der Waals surface area contributed by atoms with E-state index >= 15 is 0 Å². The first-order chi connectivity index (χ1) is 17.9. The van der Waals surface area contributed by atoms with E-state index in [1.54, 1.807) is 0 Å². The van der Waals surface area contributed by atoms with Crippen LogP contribution >= 0.6 is 0 Å². The molecule has 0 fully saturated rings. The lowest BCUT2D eigenvalue weighted by molar-refractivity contribution is 1.15. The number of rotatable bonds is 2. The first kappa shape index (κ1) is 19.4. The number of aromatic nitrogens is 3. The van der Waals surface area contributed by atoms with Crippen molar-refractivity contribution in [3.63, 3.8) is 0 Å². The summed E-state index contributed by atoms with van der Waals surface area (Å²) in [7, 11) is 0. The van der Waals surface area contributed by atoms with Gasteiger partial charge < -0.3 is 9.13 Å². The minimum Gasteiger partial charge on any atom is -0.307 e. The van der Waals surface area contributed by atoms with E-state index in [-0.39, 0.29) is 0 Å². The minimum absolute atomic E-state index is 1.04. The Bertz CT molecular complexity index is 1930. The summed E-state index contributed by atoms with van der Waals surface area (Å²) in [5.74, 6) is 0. The van der Waals surface area contributed by atoms with Gasteiger partial charge in [-0.25, -0.2) is 0 Å². The summed E-state index contributed by atoms with van der Waals surface area (Å²) < 4.78 is 4.84. The summed E-state index contributed by atoms with van der Waals surface area (Å²) in [5.41, 5.74) is 8.11. The Kier molecular flexibility index (Phi) is 3.94. The number of pyridine rings is 1. The quantitative estimate of drug-likeness (QED) is 0.254. The molecule has 36 heavy (non-hydrogen) atoms. The summed E-state index contributed by atoms with van der Waals surface area (Å²) in [4.78, 5) is 4.98. The van der Waals surface area contributed by atoms with E-state index in [0.29, 0.717) is 0 Å². The van der Waals surface area contributed by atoms with Gasteiger partial charge in [0.2, 0.25) is 0 Å². The molecule has 8 aromatic rings. The fraction of sp³-hybridized carbons (Fsp3) is 0. The Morgan fingerprint density at radius 3 is 1.50 bits per heavy atom. The Morgan fingerprint density at radius 2 is 0.889 bits per heavy atom. The van der Waals surface area contributed by atoms with E-state index in [9.17, 15) is 0 Å². The van der Waals surface area contributed by atoms with Crippen LogP contribution in [0.3, 0.4) is 0 Å². The van der Waals surface area contributed by atoms with Crippen molar-refractivity contribution in [1.82, 2.24) is 14.1 Å². The molecular weight excluding hydrogens is 438 g/mol. The van der Waals surface area contributed by atoms with Crippen LogP contribution in [0, 0.1) is 0 Å². The van der Waals surface area contributed by atoms with Crippen molar-refractivity contribution in [2.24, 2.45) is 0 Å². The first-order valence-corrected chi connectivity index (χ1v) is 12.3. The van der Waals surface area contributed by atoms with E-state index in [0.717, 1.165) is 16.9 Å². The molecule has 0 spiro atoms. The van der Waals surface area contributed by atoms with E-state index in [1.807, 2.05) is 6.20 Å². The van der Waals surface area contributed by atoms with E-state index in [2.05, 4.69) is 130 Å². The Balaban J connectivity index is 1.79. The van der Waals surface area contributed by atoms with Crippen LogP contribution in [0.1, 0.15) is 0 Å². The van der Waals surface area contributed by atoms with E-state index in [1.165, 1.54) is 49.0 Å². The smallest absolute Gasteiger partial charge is 0.0811 e. The van der Waals surface area contributed by atoms with Gasteiger partial charge in [-0.15, -0.1) is 0 Å². The van der Waals surface area contributed by atoms with Gasteiger partial charge in [-0.2, -0.15) is 0 Å². The summed E-state index contributed by atoms with van der Waals surface area (Å²) >= 11 is 0. The van der Waals surface area contributed by atoms with Crippen molar-refractivity contribution >= 4 is 54.5 Å². The number of hydrogen-bond donors (Lipinski definition) is 0. The molecule has 0 saturated carbocycles. The summed E-state index contributed by atoms with van der Waals surface area (Å²) in [6.45, 7) is 0. The van der Waals surface area contributed by atoms with Crippen molar-refractivity contribution in [3.05, 3.63) is 128 Å². The second kappa shape index (κ2) is 7.30. The monoisotopic (exact) mass is 459 g/mol. The predicted octanol–water partition coefficient (Wildman–Crippen LogP) is 8.43. The lowest BCUT2D eigenvalue weighted by Gasteiger charge is -2.13. The normalized spacial score (nSPS) is 11.9. The summed E-state index contributed by atoms with van der Waals surface area (Å²) in [5, 5.41) is 6.07. The highest BCUT2D eigenvalue weighted by molar-refractivity contribution is 6.35. The van der Waals surface area contributed by atoms with Crippen molar-refractivity contribution < 1.29 is 0 Å². The predicted molar refractivity (Wildman–Crippen MR) is 150 cm³/mol. The first-order valence-electron chi connectivity index (χ1n) is 12.3. The number of fused-ring (bicyclic) bond motifs is 10. The maximum Gasteiger partial charge on any atom is 0.0811 e. The van der Waals surface area contributed by atoms with Gasteiger partial charge in [0, 0.05) is 44.5 Å². The van der Waals surface area contributed by atoms with Crippen LogP contribution in [0.2, 0.25) is 0 Å². The molecule has 0 N–H and O–H groups in total. The molecule has 8 rings (SSSR count). The molecule has 3 heterocycles. The van der Waals surface area contributed by atoms with Crippen molar-refractivity contribution in [2.45, 2.75) is 0 Å². The standard InChI is InChI=1S/C33H21N3/c1-3-12-22(13-4-1)35-27-19-9-7-16-24(27)29-26-18-11-21-34-31(26)30-25-17-8-10-20-28(25)36(33(30)32(29)35)23-14-5-2-6-15-23/h1-21H. The third-order valence-corrected chi connectivity index (χ3v) is 7.32. The molecule has 0 aliphatic carbocycles. The van der Waals surface area contributed by atoms with Gasteiger partial charge >= 0.3 is 0 Å². The zero-order valence-electron chi connectivity index (χ0n) is 19.5. The van der Waals surface area contributed by atoms with Crippen LogP contribution in [0.25, 0.3) is 65.9 Å². The topological polar surface area (TPSA) is 22.8 Å². The lowest BCUT2D eigenvalue weighted by Crippen LogP contribution is -1.99. The highest BCUT2D eigenvalue weighted by Gasteiger charge is 2.24. The van der Waals surface area contributed by atoms with Crippen LogP contribution in [0.4, 0.5) is 0 Å². The zero-order chi connectivity index (χ0) is 23.6. The van der Waals surface area contributed by atoms with Crippen LogP contribution < -0.4 is 0 Å². The molecule has 0 bridgehead atoms. The SMILES string of the molecule is c1ccc(-n2c3ccccc3c3c4cccnc4c4c5ccccc5n(-c5ccccc5)c4c32)cc1. The molecule has 0 atom stereocenters. The minimum atomic E-state index is 1.04. The van der Waals surface area contributed by atoms with Crippen molar-refractivity contribution in [1.29, 1.82) is 0 Å². The molecule has 0 aliphatic rings. The largest absolute Gasteiger partial charge is 0.307 e. The van der Waals surface area contributed by atoms with Crippen LogP contribution in [-0.4, -0.2) is 14.1 Å². The molecular formula is C33H21N3. The maximum absolute atomic E-state index is 4.98. The number of nitrogens with zero attached hydrogens (tertiary/aromatic N) is 3. The van der Waals surface area contributed by atoms with Gasteiger partial charge in [-0.3, -0.25) is 4.98 Å². The van der Waals surface area contributed by atoms with Crippen LogP contribution in [0.5, 0.6) is 0 Å². The zero-order valence-corrected chi connectivity index (χ0v) is 19.5. The molecule has 168 valence electrons. The molecule has 3 aromatic heterocycles. The fourth-order valence-corrected chi connectivity index (χ4v) is 5.94. The fourth-order valence-electron chi connectivity index (χ4n) is 5.94. The Morgan fingerprint density at radius 1 is 0.417 bits per heavy atom. The van der Waals surface area contributed by atoms with Gasteiger partial charge in [0.25, 0.3) is 0 Å². The summed E-state index contributed by atoms with van der Waals surface area (Å²) in [6, 6.07) is 43.1. The van der Waals surface area contributed by atoms with E-state index < -0.39 is 0 Å². The molecule has 3 heteroatoms.